The smallest absolute Gasteiger partial charge is 0.159 e. The van der Waals surface area contributed by atoms with Gasteiger partial charge in [-0.25, -0.2) is 17.6 Å². The molecule has 0 saturated heterocycles. The monoisotopic (exact) mass is 419 g/mol. The molecule has 0 bridgehead atoms. The van der Waals surface area contributed by atoms with Crippen LogP contribution in [0.15, 0.2) is 60.8 Å². The first kappa shape index (κ1) is 20.6. The van der Waals surface area contributed by atoms with E-state index in [1.807, 2.05) is 6.07 Å². The minimum Gasteiger partial charge on any atom is -0.256 e. The van der Waals surface area contributed by atoms with Gasteiger partial charge in [-0.05, 0) is 65.2 Å². The van der Waals surface area contributed by atoms with Gasteiger partial charge in [0.15, 0.2) is 11.6 Å². The molecule has 3 aromatic carbocycles. The highest BCUT2D eigenvalue weighted by atomic mass is 19.2. The number of fused-ring (bicyclic) bond motifs is 1. The minimum atomic E-state index is -0.971. The average molecular weight is 419 g/mol. The number of pyridine rings is 1. The summed E-state index contributed by atoms with van der Waals surface area (Å²) in [5.74, 6) is 1.69. The van der Waals surface area contributed by atoms with Crippen LogP contribution < -0.4 is 0 Å². The molecule has 4 aromatic rings. The van der Waals surface area contributed by atoms with E-state index in [0.29, 0.717) is 27.6 Å². The van der Waals surface area contributed by atoms with E-state index >= 15 is 0 Å². The Balaban J connectivity index is 1.65. The molecular weight excluding hydrogens is 402 g/mol. The number of hydrogen-bond donors (Lipinski definition) is 0. The van der Waals surface area contributed by atoms with Gasteiger partial charge in [0.1, 0.15) is 11.6 Å². The highest BCUT2D eigenvalue weighted by molar-refractivity contribution is 5.84. The van der Waals surface area contributed by atoms with Gasteiger partial charge in [0, 0.05) is 17.3 Å². The highest BCUT2D eigenvalue weighted by Gasteiger charge is 2.11. The first-order valence-electron chi connectivity index (χ1n) is 9.80. The quantitative estimate of drug-likeness (QED) is 0.263. The Morgan fingerprint density at radius 2 is 1.45 bits per heavy atom. The summed E-state index contributed by atoms with van der Waals surface area (Å²) in [5, 5.41) is 0.947. The maximum absolute atomic E-state index is 14.6. The summed E-state index contributed by atoms with van der Waals surface area (Å²) in [6.07, 6.45) is 3.58. The molecule has 0 radical (unpaired) electrons. The van der Waals surface area contributed by atoms with Crippen molar-refractivity contribution in [2.75, 3.05) is 0 Å². The van der Waals surface area contributed by atoms with Crippen molar-refractivity contribution >= 4 is 10.8 Å². The molecule has 5 heteroatoms. The van der Waals surface area contributed by atoms with Crippen LogP contribution in [-0.2, 0) is 6.42 Å². The van der Waals surface area contributed by atoms with E-state index in [2.05, 4.69) is 23.7 Å². The van der Waals surface area contributed by atoms with Crippen molar-refractivity contribution in [1.29, 1.82) is 0 Å². The Morgan fingerprint density at radius 1 is 0.742 bits per heavy atom. The van der Waals surface area contributed by atoms with Crippen molar-refractivity contribution in [3.8, 4) is 23.1 Å². The molecule has 1 heterocycles. The predicted octanol–water partition coefficient (Wildman–Crippen LogP) is 6.81. The number of rotatable bonds is 3. The van der Waals surface area contributed by atoms with E-state index in [-0.39, 0.29) is 5.56 Å². The summed E-state index contributed by atoms with van der Waals surface area (Å²) < 4.78 is 56.0. The van der Waals surface area contributed by atoms with E-state index in [1.54, 1.807) is 24.4 Å². The fourth-order valence-corrected chi connectivity index (χ4v) is 3.33. The number of nitrogens with zero attached hydrogens (tertiary/aromatic N) is 1. The summed E-state index contributed by atoms with van der Waals surface area (Å²) in [5.41, 5.74) is 1.92. The Bertz CT molecular complexity index is 1310. The lowest BCUT2D eigenvalue weighted by molar-refractivity contribution is 0.511. The van der Waals surface area contributed by atoms with E-state index < -0.39 is 23.3 Å². The zero-order chi connectivity index (χ0) is 22.0. The molecule has 0 fully saturated rings. The molecule has 0 aliphatic rings. The average Bonchev–Trinajstić information content (AvgIpc) is 2.75. The lowest BCUT2D eigenvalue weighted by Crippen LogP contribution is -1.94. The summed E-state index contributed by atoms with van der Waals surface area (Å²) in [6, 6.07) is 12.9. The van der Waals surface area contributed by atoms with E-state index in [4.69, 9.17) is 0 Å². The number of halogens is 4. The molecule has 4 rings (SSSR count). The van der Waals surface area contributed by atoms with Crippen molar-refractivity contribution in [2.45, 2.75) is 19.8 Å². The largest absolute Gasteiger partial charge is 0.256 e. The fraction of sp³-hybridized carbons (Fsp3) is 0.115. The van der Waals surface area contributed by atoms with Crippen LogP contribution in [0.5, 0.6) is 0 Å². The summed E-state index contributed by atoms with van der Waals surface area (Å²) >= 11 is 0. The van der Waals surface area contributed by atoms with Crippen molar-refractivity contribution in [3.05, 3.63) is 101 Å². The Hall–Kier alpha value is -3.65. The van der Waals surface area contributed by atoms with Gasteiger partial charge in [-0.3, -0.25) is 4.98 Å². The second kappa shape index (κ2) is 8.61. The molecule has 154 valence electrons. The van der Waals surface area contributed by atoms with Crippen LogP contribution in [0.25, 0.3) is 22.0 Å². The normalized spacial score (nSPS) is 10.7. The molecular formula is C26H17F4N. The standard InChI is InChI=1S/C26H17F4N/c1-2-3-17-6-9-26(31-15-17)20-13-22(27)21(23(28)14-20)8-5-16-4-7-18-11-24(29)25(30)12-19(18)10-16/h4,6-7,9-15H,2-3H2,1H3. The molecule has 0 atom stereocenters. The van der Waals surface area contributed by atoms with Crippen LogP contribution in [0.1, 0.15) is 30.0 Å². The third-order valence-electron chi connectivity index (χ3n) is 4.91. The summed E-state index contributed by atoms with van der Waals surface area (Å²) in [4.78, 5) is 4.29. The topological polar surface area (TPSA) is 12.9 Å². The molecule has 0 saturated carbocycles. The van der Waals surface area contributed by atoms with Gasteiger partial charge in [-0.1, -0.05) is 37.3 Å². The molecule has 0 spiro atoms. The van der Waals surface area contributed by atoms with Crippen LogP contribution in [0.4, 0.5) is 17.6 Å². The van der Waals surface area contributed by atoms with Gasteiger partial charge < -0.3 is 0 Å². The van der Waals surface area contributed by atoms with E-state index in [9.17, 15) is 17.6 Å². The summed E-state index contributed by atoms with van der Waals surface area (Å²) in [6.45, 7) is 2.06. The maximum atomic E-state index is 14.6. The number of hydrogen-bond acceptors (Lipinski definition) is 1. The van der Waals surface area contributed by atoms with Gasteiger partial charge in [-0.15, -0.1) is 0 Å². The zero-order valence-corrected chi connectivity index (χ0v) is 16.6. The Morgan fingerprint density at radius 3 is 2.10 bits per heavy atom. The van der Waals surface area contributed by atoms with Gasteiger partial charge in [0.25, 0.3) is 0 Å². The molecule has 1 aromatic heterocycles. The lowest BCUT2D eigenvalue weighted by Gasteiger charge is -2.05. The molecule has 0 aliphatic carbocycles. The molecule has 1 nitrogen and oxygen atoms in total. The molecule has 31 heavy (non-hydrogen) atoms. The molecule has 0 aliphatic heterocycles. The second-order valence-electron chi connectivity index (χ2n) is 7.19. The van der Waals surface area contributed by atoms with Crippen LogP contribution >= 0.6 is 0 Å². The third-order valence-corrected chi connectivity index (χ3v) is 4.91. The zero-order valence-electron chi connectivity index (χ0n) is 16.6. The number of benzene rings is 3. The molecule has 0 unspecified atom stereocenters. The van der Waals surface area contributed by atoms with Gasteiger partial charge in [0.05, 0.1) is 11.3 Å². The van der Waals surface area contributed by atoms with Crippen molar-refractivity contribution in [2.24, 2.45) is 0 Å². The first-order chi connectivity index (χ1) is 14.9. The first-order valence-corrected chi connectivity index (χ1v) is 9.80. The van der Waals surface area contributed by atoms with E-state index in [0.717, 1.165) is 30.5 Å². The predicted molar refractivity (Wildman–Crippen MR) is 113 cm³/mol. The molecule has 0 amide bonds. The van der Waals surface area contributed by atoms with Crippen LogP contribution in [-0.4, -0.2) is 4.98 Å². The van der Waals surface area contributed by atoms with Crippen LogP contribution in [0.2, 0.25) is 0 Å². The minimum absolute atomic E-state index is 0.326. The number of aromatic nitrogens is 1. The van der Waals surface area contributed by atoms with E-state index in [1.165, 1.54) is 18.2 Å². The van der Waals surface area contributed by atoms with Crippen molar-refractivity contribution < 1.29 is 17.6 Å². The maximum Gasteiger partial charge on any atom is 0.159 e. The lowest BCUT2D eigenvalue weighted by atomic mass is 10.0. The van der Waals surface area contributed by atoms with Gasteiger partial charge in [-0.2, -0.15) is 0 Å². The SMILES string of the molecule is CCCc1ccc(-c2cc(F)c(C#Cc3ccc4cc(F)c(F)cc4c3)c(F)c2)nc1. The highest BCUT2D eigenvalue weighted by Crippen LogP contribution is 2.24. The number of aryl methyl sites for hydroxylation is 1. The van der Waals surface area contributed by atoms with Crippen LogP contribution in [0.3, 0.4) is 0 Å². The molecule has 0 N–H and O–H groups in total. The Labute approximate surface area is 177 Å². The van der Waals surface area contributed by atoms with Gasteiger partial charge in [0.2, 0.25) is 0 Å². The fourth-order valence-electron chi connectivity index (χ4n) is 3.33. The third kappa shape index (κ3) is 4.44. The second-order valence-corrected chi connectivity index (χ2v) is 7.19. The van der Waals surface area contributed by atoms with Crippen molar-refractivity contribution in [3.63, 3.8) is 0 Å². The van der Waals surface area contributed by atoms with Crippen molar-refractivity contribution in [1.82, 2.24) is 4.98 Å². The Kier molecular flexibility index (Phi) is 5.73. The van der Waals surface area contributed by atoms with Gasteiger partial charge >= 0.3 is 0 Å². The van der Waals surface area contributed by atoms with Crippen LogP contribution in [0, 0.1) is 35.1 Å². The summed E-state index contributed by atoms with van der Waals surface area (Å²) in [7, 11) is 0.